The maximum absolute atomic E-state index is 14.5. The number of benzene rings is 2. The van der Waals surface area contributed by atoms with Crippen LogP contribution >= 0.6 is 0 Å². The number of anilines is 1. The Hall–Kier alpha value is -4.24. The first-order chi connectivity index (χ1) is 20.6. The van der Waals surface area contributed by atoms with Crippen LogP contribution in [0.4, 0.5) is 27.8 Å². The summed E-state index contributed by atoms with van der Waals surface area (Å²) in [5.41, 5.74) is 0.648. The summed E-state index contributed by atoms with van der Waals surface area (Å²) >= 11 is 0. The average Bonchev–Trinajstić information content (AvgIpc) is 3.52. The third kappa shape index (κ3) is 5.38. The van der Waals surface area contributed by atoms with E-state index in [1.165, 1.54) is 56.5 Å². The van der Waals surface area contributed by atoms with Gasteiger partial charge in [-0.25, -0.2) is 18.7 Å². The van der Waals surface area contributed by atoms with Crippen molar-refractivity contribution in [1.29, 1.82) is 0 Å². The van der Waals surface area contributed by atoms with E-state index in [0.29, 0.717) is 28.7 Å². The van der Waals surface area contributed by atoms with E-state index in [4.69, 9.17) is 11.2 Å². The molecule has 4 aromatic rings. The molecule has 7 nitrogen and oxygen atoms in total. The molecule has 43 heavy (non-hydrogen) atoms. The lowest BCUT2D eigenvalue weighted by atomic mass is 9.95. The van der Waals surface area contributed by atoms with Crippen LogP contribution in [0.15, 0.2) is 36.5 Å². The predicted molar refractivity (Wildman–Crippen MR) is 152 cm³/mol. The van der Waals surface area contributed by atoms with Gasteiger partial charge in [-0.15, -0.1) is 6.42 Å². The molecule has 1 N–H and O–H groups in total. The third-order valence-corrected chi connectivity index (χ3v) is 8.32. The number of halogens is 5. The molecular weight excluding hydrogens is 569 g/mol. The number of nitrogens with zero attached hydrogens (tertiary/aromatic N) is 5. The second-order valence-electron chi connectivity index (χ2n) is 10.9. The van der Waals surface area contributed by atoms with E-state index in [1.807, 2.05) is 0 Å². The van der Waals surface area contributed by atoms with Gasteiger partial charge in [0.15, 0.2) is 0 Å². The number of terminal acetylenes is 1. The summed E-state index contributed by atoms with van der Waals surface area (Å²) in [6, 6.07) is 5.84. The van der Waals surface area contributed by atoms with Crippen molar-refractivity contribution in [1.82, 2.24) is 19.9 Å². The number of methoxy groups -OCH3 is 1. The molecule has 0 radical (unpaired) electrons. The van der Waals surface area contributed by atoms with Gasteiger partial charge >= 0.3 is 12.2 Å². The molecule has 5 heterocycles. The Labute approximate surface area is 244 Å². The minimum absolute atomic E-state index is 0.0164. The molecule has 0 amide bonds. The van der Waals surface area contributed by atoms with Crippen molar-refractivity contribution in [3.8, 4) is 35.4 Å². The molecule has 3 aliphatic heterocycles. The molecule has 2 aromatic carbocycles. The highest BCUT2D eigenvalue weighted by Gasteiger charge is 2.49. The quantitative estimate of drug-likeness (QED) is 0.229. The largest absolute Gasteiger partial charge is 0.508 e. The standard InChI is InChI=1S/C24H16F4N4O2.C7H12FN/c1-3-14-17(25)5-4-12-8-13(33)9-15(21(12)14)18-10-19-16(11-29-23(31-19)34-2)22(30-18)32-7-6-20(32)24(26,27)28;8-6-4-7-2-1-3-9(7)5-6/h1,4-5,8-11,20,33H,6-7H2,2H3;6-7H,1-5H2. The number of aromatic nitrogens is 3. The lowest BCUT2D eigenvalue weighted by Crippen LogP contribution is -2.56. The van der Waals surface area contributed by atoms with E-state index < -0.39 is 24.2 Å². The van der Waals surface area contributed by atoms with Gasteiger partial charge in [0.25, 0.3) is 0 Å². The minimum atomic E-state index is -4.45. The van der Waals surface area contributed by atoms with Crippen LogP contribution < -0.4 is 9.64 Å². The molecule has 7 rings (SSSR count). The molecule has 3 aliphatic rings. The topological polar surface area (TPSA) is 74.6 Å². The average molecular weight is 598 g/mol. The van der Waals surface area contributed by atoms with Crippen LogP contribution in [-0.4, -0.2) is 76.1 Å². The number of hydrogen-bond donors (Lipinski definition) is 1. The maximum atomic E-state index is 14.5. The maximum Gasteiger partial charge on any atom is 0.408 e. The number of phenolic OH excluding ortho intramolecular Hbond substituents is 1. The first kappa shape index (κ1) is 28.9. The van der Waals surface area contributed by atoms with Crippen LogP contribution in [-0.2, 0) is 0 Å². The molecule has 224 valence electrons. The number of ether oxygens (including phenoxy) is 1. The van der Waals surface area contributed by atoms with Gasteiger partial charge in [0.1, 0.15) is 29.6 Å². The SMILES string of the molecule is C#Cc1c(F)ccc2cc(O)cc(-c3cc4nc(OC)ncc4c(N4CCC4C(F)(F)F)n3)c12.FC1CC2CCCN2C1. The molecule has 0 saturated carbocycles. The normalized spacial score (nSPS) is 21.7. The highest BCUT2D eigenvalue weighted by atomic mass is 19.4. The number of fused-ring (bicyclic) bond motifs is 3. The zero-order valence-corrected chi connectivity index (χ0v) is 23.2. The summed E-state index contributed by atoms with van der Waals surface area (Å²) in [6.45, 7) is 1.99. The number of hydrogen-bond acceptors (Lipinski definition) is 7. The Morgan fingerprint density at radius 3 is 2.60 bits per heavy atom. The number of rotatable bonds is 3. The van der Waals surface area contributed by atoms with Crippen molar-refractivity contribution in [2.24, 2.45) is 0 Å². The van der Waals surface area contributed by atoms with E-state index in [9.17, 15) is 27.1 Å². The van der Waals surface area contributed by atoms with Crippen molar-refractivity contribution in [2.75, 3.05) is 31.6 Å². The fraction of sp³-hybridized carbons (Fsp3) is 0.387. The van der Waals surface area contributed by atoms with Gasteiger partial charge < -0.3 is 14.7 Å². The summed E-state index contributed by atoms with van der Waals surface area (Å²) in [5, 5.41) is 11.4. The zero-order valence-electron chi connectivity index (χ0n) is 23.2. The van der Waals surface area contributed by atoms with Gasteiger partial charge in [-0.1, -0.05) is 12.0 Å². The Bertz CT molecular complexity index is 1730. The molecule has 0 spiro atoms. The highest BCUT2D eigenvalue weighted by Crippen LogP contribution is 2.42. The Morgan fingerprint density at radius 1 is 1.12 bits per heavy atom. The molecule has 3 unspecified atom stereocenters. The minimum Gasteiger partial charge on any atom is -0.508 e. The third-order valence-electron chi connectivity index (χ3n) is 8.32. The van der Waals surface area contributed by atoms with Crippen molar-refractivity contribution >= 4 is 27.5 Å². The summed E-state index contributed by atoms with van der Waals surface area (Å²) < 4.78 is 72.9. The molecule has 2 aromatic heterocycles. The van der Waals surface area contributed by atoms with Crippen LogP contribution in [0.25, 0.3) is 32.9 Å². The molecule has 12 heteroatoms. The lowest BCUT2D eigenvalue weighted by molar-refractivity contribution is -0.159. The fourth-order valence-electron chi connectivity index (χ4n) is 6.23. The fourth-order valence-corrected chi connectivity index (χ4v) is 6.23. The van der Waals surface area contributed by atoms with E-state index >= 15 is 0 Å². The summed E-state index contributed by atoms with van der Waals surface area (Å²) in [4.78, 5) is 16.2. The molecule has 3 atom stereocenters. The highest BCUT2D eigenvalue weighted by molar-refractivity contribution is 6.03. The van der Waals surface area contributed by atoms with Crippen LogP contribution in [0.2, 0.25) is 0 Å². The second kappa shape index (κ2) is 11.1. The molecule has 0 bridgehead atoms. The van der Waals surface area contributed by atoms with E-state index in [-0.39, 0.29) is 52.9 Å². The molecule has 0 aliphatic carbocycles. The van der Waals surface area contributed by atoms with Crippen molar-refractivity contribution in [3.63, 3.8) is 0 Å². The molecular formula is C31H28F5N5O2. The molecule has 3 saturated heterocycles. The van der Waals surface area contributed by atoms with E-state index in [1.54, 1.807) is 0 Å². The zero-order chi connectivity index (χ0) is 30.5. The summed E-state index contributed by atoms with van der Waals surface area (Å²) in [5.74, 6) is 1.56. The van der Waals surface area contributed by atoms with Crippen LogP contribution in [0, 0.1) is 18.2 Å². The number of alkyl halides is 4. The van der Waals surface area contributed by atoms with E-state index in [0.717, 1.165) is 17.9 Å². The van der Waals surface area contributed by atoms with Gasteiger partial charge in [-0.05, 0) is 61.9 Å². The van der Waals surface area contributed by atoms with Crippen LogP contribution in [0.1, 0.15) is 31.2 Å². The monoisotopic (exact) mass is 597 g/mol. The smallest absolute Gasteiger partial charge is 0.408 e. The number of pyridine rings is 1. The van der Waals surface area contributed by atoms with Crippen molar-refractivity contribution in [3.05, 3.63) is 47.9 Å². The first-order valence-corrected chi connectivity index (χ1v) is 13.9. The Kier molecular flexibility index (Phi) is 7.46. The lowest BCUT2D eigenvalue weighted by Gasteiger charge is -2.43. The van der Waals surface area contributed by atoms with Crippen molar-refractivity contribution in [2.45, 2.75) is 50.1 Å². The van der Waals surface area contributed by atoms with Gasteiger partial charge in [-0.2, -0.15) is 18.2 Å². The first-order valence-electron chi connectivity index (χ1n) is 13.9. The van der Waals surface area contributed by atoms with Gasteiger partial charge in [0, 0.05) is 36.3 Å². The number of phenols is 1. The summed E-state index contributed by atoms with van der Waals surface area (Å²) in [6.07, 6.45) is 5.20. The van der Waals surface area contributed by atoms with Gasteiger partial charge in [0.05, 0.1) is 29.3 Å². The molecule has 3 fully saturated rings. The second-order valence-corrected chi connectivity index (χ2v) is 10.9. The summed E-state index contributed by atoms with van der Waals surface area (Å²) in [7, 11) is 1.37. The van der Waals surface area contributed by atoms with Gasteiger partial charge in [-0.3, -0.25) is 4.90 Å². The number of aromatic hydroxyl groups is 1. The van der Waals surface area contributed by atoms with Crippen molar-refractivity contribution < 1.29 is 31.8 Å². The van der Waals surface area contributed by atoms with Gasteiger partial charge in [0.2, 0.25) is 0 Å². The predicted octanol–water partition coefficient (Wildman–Crippen LogP) is 6.01. The van der Waals surface area contributed by atoms with Crippen LogP contribution in [0.3, 0.4) is 0 Å². The Morgan fingerprint density at radius 2 is 1.93 bits per heavy atom. The van der Waals surface area contributed by atoms with E-state index in [2.05, 4.69) is 25.8 Å². The van der Waals surface area contributed by atoms with Crippen LogP contribution in [0.5, 0.6) is 11.8 Å². The Balaban J connectivity index is 0.000000310.